The highest BCUT2D eigenvalue weighted by Crippen LogP contribution is 2.23. The maximum Gasteiger partial charge on any atom is 0.0297 e. The van der Waals surface area contributed by atoms with Crippen LogP contribution in [0.2, 0.25) is 0 Å². The molecule has 0 amide bonds. The maximum absolute atomic E-state index is 7.38. The first kappa shape index (κ1) is 47.1. The molecule has 0 heteroatoms. The minimum absolute atomic E-state index is 0.160. The number of benzene rings is 6. The van der Waals surface area contributed by atoms with Crippen LogP contribution in [0.5, 0.6) is 0 Å². The molecule has 7 rings (SSSR count). The molecule has 0 N–H and O–H groups in total. The molecule has 1 fully saturated rings. The van der Waals surface area contributed by atoms with Gasteiger partial charge in [-0.3, -0.25) is 0 Å². The van der Waals surface area contributed by atoms with E-state index in [0.717, 1.165) is 18.8 Å². The van der Waals surface area contributed by atoms with E-state index in [-0.39, 0.29) is 6.42 Å². The number of aryl methyl sites for hydroxylation is 12. The second kappa shape index (κ2) is 45.0. The lowest BCUT2D eigenvalue weighted by Gasteiger charge is -2.04. The summed E-state index contributed by atoms with van der Waals surface area (Å²) in [4.78, 5) is 0. The molecule has 1 aliphatic carbocycles. The first-order valence-electron chi connectivity index (χ1n) is 33.9. The third-order valence-corrected chi connectivity index (χ3v) is 11.9. The molecule has 72 heavy (non-hydrogen) atoms. The molecule has 0 unspecified atom stereocenters. The summed E-state index contributed by atoms with van der Waals surface area (Å²) >= 11 is 0. The smallest absolute Gasteiger partial charge is 0.0297 e. The van der Waals surface area contributed by atoms with Crippen molar-refractivity contribution in [2.75, 3.05) is 0 Å². The van der Waals surface area contributed by atoms with Gasteiger partial charge < -0.3 is 0 Å². The molecule has 0 aliphatic heterocycles. The van der Waals surface area contributed by atoms with E-state index in [1.165, 1.54) is 116 Å². The van der Waals surface area contributed by atoms with Gasteiger partial charge in [0.15, 0.2) is 0 Å². The Morgan fingerprint density at radius 3 is 1.03 bits per heavy atom. The van der Waals surface area contributed by atoms with Crippen LogP contribution in [0.15, 0.2) is 133 Å². The van der Waals surface area contributed by atoms with Crippen LogP contribution in [-0.4, -0.2) is 0 Å². The first-order chi connectivity index (χ1) is 39.7. The average Bonchev–Trinajstić information content (AvgIpc) is 0.980. The minimum Gasteiger partial charge on any atom is -0.0654 e. The molecular formula is C72H114. The molecule has 0 saturated heterocycles. The van der Waals surface area contributed by atoms with E-state index in [1.54, 1.807) is 6.92 Å². The van der Waals surface area contributed by atoms with Crippen LogP contribution in [0.3, 0.4) is 0 Å². The SMILES string of the molecule is CC1CCCC1.CCCC(C)C.Cc1cc(C)c(C)c(C)c1.Cc1ccc(C)cc1.Cc1cccc(C)c1.Cc1cccc(C)c1C.Cc1ccccc1.Cc1ccccc1C.[2H]C([2H])([2H])C(CC)C([2H])([2H])[2H].[2H]C([2H])([2H])C([2H])(C([2H])([2H])[2H])C([2H])([2H])C. The van der Waals surface area contributed by atoms with Gasteiger partial charge in [0, 0.05) is 20.6 Å². The zero-order valence-electron chi connectivity index (χ0n) is 64.4. The van der Waals surface area contributed by atoms with Crippen LogP contribution in [0, 0.1) is 121 Å². The van der Waals surface area contributed by atoms with Crippen LogP contribution < -0.4 is 0 Å². The molecule has 1 saturated carbocycles. The predicted octanol–water partition coefficient (Wildman–Crippen LogP) is 23.2. The summed E-state index contributed by atoms with van der Waals surface area (Å²) in [5.74, 6) is -2.34. The van der Waals surface area contributed by atoms with E-state index in [2.05, 4.69) is 240 Å². The summed E-state index contributed by atoms with van der Waals surface area (Å²) in [5.41, 5.74) is 19.2. The van der Waals surface area contributed by atoms with Crippen LogP contribution in [0.4, 0.5) is 0 Å². The van der Waals surface area contributed by atoms with E-state index < -0.39 is 45.6 Å². The third kappa shape index (κ3) is 44.1. The van der Waals surface area contributed by atoms with Crippen molar-refractivity contribution in [2.45, 2.75) is 217 Å². The summed E-state index contributed by atoms with van der Waals surface area (Å²) < 4.78 is 105. The van der Waals surface area contributed by atoms with Gasteiger partial charge in [-0.15, -0.1) is 0 Å². The fourth-order valence-electron chi connectivity index (χ4n) is 6.50. The fraction of sp³-hybridized carbons (Fsp3) is 0.500. The summed E-state index contributed by atoms with van der Waals surface area (Å²) in [5, 5.41) is 0. The first-order valence-corrected chi connectivity index (χ1v) is 26.4. The van der Waals surface area contributed by atoms with Crippen molar-refractivity contribution in [3.8, 4) is 0 Å². The van der Waals surface area contributed by atoms with Gasteiger partial charge in [-0.05, 0) is 165 Å². The van der Waals surface area contributed by atoms with Gasteiger partial charge in [-0.2, -0.15) is 0 Å². The Bertz CT molecular complexity index is 2570. The van der Waals surface area contributed by atoms with Crippen molar-refractivity contribution in [3.05, 3.63) is 211 Å². The molecule has 0 nitrogen and oxygen atoms in total. The highest BCUT2D eigenvalue weighted by molar-refractivity contribution is 5.36. The Kier molecular flexibility index (Phi) is 29.4. The topological polar surface area (TPSA) is 0 Å². The highest BCUT2D eigenvalue weighted by atomic mass is 14.1. The molecule has 402 valence electrons. The molecule has 0 heterocycles. The van der Waals surface area contributed by atoms with Crippen molar-refractivity contribution in [1.29, 1.82) is 0 Å². The Hall–Kier alpha value is -4.68. The lowest BCUT2D eigenvalue weighted by molar-refractivity contribution is 0.576. The zero-order chi connectivity index (χ0) is 68.3. The van der Waals surface area contributed by atoms with Crippen LogP contribution in [-0.2, 0) is 0 Å². The van der Waals surface area contributed by atoms with E-state index in [9.17, 15) is 0 Å². The Morgan fingerprint density at radius 2 is 0.806 bits per heavy atom. The maximum atomic E-state index is 7.38. The summed E-state index contributed by atoms with van der Waals surface area (Å²) in [6.45, 7) is 30.1. The second-order valence-electron chi connectivity index (χ2n) is 19.8. The van der Waals surface area contributed by atoms with Crippen molar-refractivity contribution < 1.29 is 20.6 Å². The largest absolute Gasteiger partial charge is 0.0654 e. The Balaban J connectivity index is -0.000000909. The molecule has 0 spiro atoms. The van der Waals surface area contributed by atoms with E-state index in [1.807, 2.05) is 18.2 Å². The molecule has 0 aromatic heterocycles. The molecule has 6 aromatic rings. The molecule has 0 bridgehead atoms. The normalized spacial score (nSPS) is 14.9. The summed E-state index contributed by atoms with van der Waals surface area (Å²) in [7, 11) is 0. The minimum atomic E-state index is -3.20. The van der Waals surface area contributed by atoms with Crippen molar-refractivity contribution in [2.24, 2.45) is 23.6 Å². The zero-order valence-corrected chi connectivity index (χ0v) is 49.4. The van der Waals surface area contributed by atoms with Gasteiger partial charge in [0.2, 0.25) is 0 Å². The molecular weight excluding hydrogens is 865 g/mol. The van der Waals surface area contributed by atoms with Crippen molar-refractivity contribution in [3.63, 3.8) is 0 Å². The summed E-state index contributed by atoms with van der Waals surface area (Å²) in [6, 6.07) is 46.4. The fourth-order valence-corrected chi connectivity index (χ4v) is 6.50. The molecule has 6 aromatic carbocycles. The standard InChI is InChI=1S/C10H14.C9H12.3C8H10.C7H8.C6H12.C6H14.2C5H12/c1-7-5-8(2)10(4)9(3)6-7;1-7-5-4-6-8(2)9(7)3;1-7-3-5-8(2)6-4-7;1-7-4-3-5-8(2)6-7;1-7-5-3-4-6-8(7)2;1-7-5-3-2-4-6-7;1-6-4-2-3-5-6;1-4-5-6(2)3;2*1-4-5(2)3/h5-6H,1-4H3;4-6H,1-3H3;3*3-6H,1-2H3;2-6H,1H3;6H,2-5H2,1H3;6H,4-5H2,1-3H3;2*5H,4H2,1-3H3/i;;;;;;;;2D3,3D3,4D2,5D;2D3,3D3. The van der Waals surface area contributed by atoms with E-state index in [0.29, 0.717) is 0 Å². The van der Waals surface area contributed by atoms with E-state index >= 15 is 0 Å². The lowest BCUT2D eigenvalue weighted by atomic mass is 10.0. The lowest BCUT2D eigenvalue weighted by Crippen LogP contribution is -1.86. The van der Waals surface area contributed by atoms with E-state index in [4.69, 9.17) is 20.6 Å². The van der Waals surface area contributed by atoms with Gasteiger partial charge in [-0.1, -0.05) is 287 Å². The van der Waals surface area contributed by atoms with Crippen molar-refractivity contribution in [1.82, 2.24) is 0 Å². The molecule has 0 atom stereocenters. The highest BCUT2D eigenvalue weighted by Gasteiger charge is 2.07. The average molecular weight is 995 g/mol. The van der Waals surface area contributed by atoms with Crippen LogP contribution in [0.25, 0.3) is 0 Å². The predicted molar refractivity (Wildman–Crippen MR) is 333 cm³/mol. The van der Waals surface area contributed by atoms with Gasteiger partial charge in [0.25, 0.3) is 0 Å². The summed E-state index contributed by atoms with van der Waals surface area (Å²) in [6.07, 6.45) is 6.18. The Morgan fingerprint density at radius 1 is 0.431 bits per heavy atom. The van der Waals surface area contributed by atoms with Gasteiger partial charge >= 0.3 is 0 Å². The van der Waals surface area contributed by atoms with Gasteiger partial charge in [0.05, 0.1) is 0 Å². The second-order valence-corrected chi connectivity index (χ2v) is 19.8. The molecule has 1 aliphatic rings. The number of hydrogen-bond acceptors (Lipinski definition) is 0. The monoisotopic (exact) mass is 994 g/mol. The quantitative estimate of drug-likeness (QED) is 0.165. The van der Waals surface area contributed by atoms with Gasteiger partial charge in [-0.25, -0.2) is 0 Å². The number of hydrogen-bond donors (Lipinski definition) is 0. The Labute approximate surface area is 471 Å². The van der Waals surface area contributed by atoms with Crippen LogP contribution in [0.1, 0.15) is 219 Å². The third-order valence-electron chi connectivity index (χ3n) is 11.9. The molecule has 0 radical (unpaired) electrons. The number of rotatable bonds is 4. The van der Waals surface area contributed by atoms with Gasteiger partial charge in [0.1, 0.15) is 0 Å². The van der Waals surface area contributed by atoms with Crippen molar-refractivity contribution >= 4 is 0 Å². The van der Waals surface area contributed by atoms with Crippen LogP contribution >= 0.6 is 0 Å².